The van der Waals surface area contributed by atoms with E-state index in [0.717, 1.165) is 5.56 Å². The van der Waals surface area contributed by atoms with Crippen LogP contribution in [0.3, 0.4) is 0 Å². The predicted octanol–water partition coefficient (Wildman–Crippen LogP) is 2.34. The molecule has 2 aromatic heterocycles. The second-order valence-electron chi connectivity index (χ2n) is 3.97. The highest BCUT2D eigenvalue weighted by Crippen LogP contribution is 2.23. The van der Waals surface area contributed by atoms with Crippen molar-refractivity contribution < 1.29 is 8.81 Å². The van der Waals surface area contributed by atoms with Crippen molar-refractivity contribution in [2.24, 2.45) is 0 Å². The van der Waals surface area contributed by atoms with E-state index in [1.54, 1.807) is 30.8 Å². The van der Waals surface area contributed by atoms with Crippen LogP contribution >= 0.6 is 0 Å². The molecular formula is C13H11FN4O. The van der Waals surface area contributed by atoms with Gasteiger partial charge in [-0.25, -0.2) is 9.37 Å². The molecule has 1 N–H and O–H groups in total. The molecule has 1 unspecified atom stereocenters. The fraction of sp³-hybridized carbons (Fsp3) is 0.0769. The van der Waals surface area contributed by atoms with E-state index in [9.17, 15) is 4.39 Å². The van der Waals surface area contributed by atoms with E-state index < -0.39 is 0 Å². The van der Waals surface area contributed by atoms with Gasteiger partial charge in [0.25, 0.3) is 0 Å². The molecule has 0 bridgehead atoms. The lowest BCUT2D eigenvalue weighted by molar-refractivity contribution is 0.481. The Morgan fingerprint density at radius 1 is 1.21 bits per heavy atom. The van der Waals surface area contributed by atoms with Crippen molar-refractivity contribution in [3.63, 3.8) is 0 Å². The summed E-state index contributed by atoms with van der Waals surface area (Å²) in [6, 6.07) is 9.60. The quantitative estimate of drug-likeness (QED) is 0.780. The van der Waals surface area contributed by atoms with Gasteiger partial charge < -0.3 is 4.42 Å². The molecule has 6 heteroatoms. The van der Waals surface area contributed by atoms with Crippen molar-refractivity contribution >= 4 is 0 Å². The number of nitrogens with one attached hydrogen (secondary N) is 1. The molecule has 0 amide bonds. The van der Waals surface area contributed by atoms with Gasteiger partial charge in [-0.15, -0.1) is 5.10 Å². The molecule has 3 aromatic rings. The van der Waals surface area contributed by atoms with Crippen molar-refractivity contribution in [1.29, 1.82) is 0 Å². The van der Waals surface area contributed by atoms with E-state index >= 15 is 0 Å². The summed E-state index contributed by atoms with van der Waals surface area (Å²) in [6.45, 7) is 0. The van der Waals surface area contributed by atoms with Gasteiger partial charge in [0.1, 0.15) is 30.3 Å². The summed E-state index contributed by atoms with van der Waals surface area (Å²) in [4.78, 5) is 5.35. The summed E-state index contributed by atoms with van der Waals surface area (Å²) in [7, 11) is 0. The van der Waals surface area contributed by atoms with Crippen LogP contribution in [0.15, 0.2) is 59.7 Å². The summed E-state index contributed by atoms with van der Waals surface area (Å²) < 4.78 is 18.4. The van der Waals surface area contributed by atoms with E-state index in [1.165, 1.54) is 23.3 Å². The number of halogens is 1. The summed E-state index contributed by atoms with van der Waals surface area (Å²) >= 11 is 0. The first-order chi connectivity index (χ1) is 9.33. The van der Waals surface area contributed by atoms with E-state index in [-0.39, 0.29) is 11.9 Å². The molecule has 0 aliphatic rings. The molecule has 0 saturated heterocycles. The monoisotopic (exact) mass is 258 g/mol. The van der Waals surface area contributed by atoms with Gasteiger partial charge in [-0.1, -0.05) is 12.1 Å². The second kappa shape index (κ2) is 4.93. The molecule has 96 valence electrons. The zero-order valence-corrected chi connectivity index (χ0v) is 9.90. The molecular weight excluding hydrogens is 247 g/mol. The minimum absolute atomic E-state index is 0.266. The molecule has 1 aromatic carbocycles. The highest BCUT2D eigenvalue weighted by molar-refractivity contribution is 5.29. The molecule has 5 nitrogen and oxygen atoms in total. The molecule has 3 rings (SSSR count). The van der Waals surface area contributed by atoms with Crippen LogP contribution < -0.4 is 5.43 Å². The molecule has 19 heavy (non-hydrogen) atoms. The number of rotatable bonds is 4. The van der Waals surface area contributed by atoms with Crippen LogP contribution in [0.4, 0.5) is 4.39 Å². The number of nitrogens with zero attached hydrogens (tertiary/aromatic N) is 3. The Kier molecular flexibility index (Phi) is 2.97. The smallest absolute Gasteiger partial charge is 0.139 e. The Balaban J connectivity index is 1.94. The van der Waals surface area contributed by atoms with Gasteiger partial charge in [0.15, 0.2) is 0 Å². The fourth-order valence-corrected chi connectivity index (χ4v) is 1.82. The highest BCUT2D eigenvalue weighted by atomic mass is 19.1. The lowest BCUT2D eigenvalue weighted by atomic mass is 10.1. The molecule has 0 saturated carbocycles. The second-order valence-corrected chi connectivity index (χ2v) is 3.97. The SMILES string of the molecule is Fc1ccc(C(Nn2cncn2)c2ccco2)cc1. The van der Waals surface area contributed by atoms with Gasteiger partial charge in [-0.2, -0.15) is 4.79 Å². The minimum Gasteiger partial charge on any atom is -0.467 e. The van der Waals surface area contributed by atoms with Gasteiger partial charge in [0, 0.05) is 0 Å². The number of benzene rings is 1. The van der Waals surface area contributed by atoms with Crippen LogP contribution in [0.1, 0.15) is 17.4 Å². The normalized spacial score (nSPS) is 12.3. The number of aromatic nitrogens is 3. The standard InChI is InChI=1S/C13H11FN4O/c14-11-5-3-10(4-6-11)13(12-2-1-7-19-12)17-18-9-15-8-16-18/h1-9,13,17H. The van der Waals surface area contributed by atoms with Crippen molar-refractivity contribution in [3.05, 3.63) is 72.5 Å². The van der Waals surface area contributed by atoms with Gasteiger partial charge in [-0.3, -0.25) is 5.43 Å². The first kappa shape index (κ1) is 11.5. The largest absolute Gasteiger partial charge is 0.467 e. The first-order valence-corrected chi connectivity index (χ1v) is 5.73. The Hall–Kier alpha value is -2.63. The minimum atomic E-state index is -0.275. The number of furan rings is 1. The fourth-order valence-electron chi connectivity index (χ4n) is 1.82. The van der Waals surface area contributed by atoms with Crippen LogP contribution in [0.25, 0.3) is 0 Å². The molecule has 0 aliphatic carbocycles. The van der Waals surface area contributed by atoms with Crippen LogP contribution in [0, 0.1) is 5.82 Å². The molecule has 0 fully saturated rings. The lowest BCUT2D eigenvalue weighted by Crippen LogP contribution is -2.22. The van der Waals surface area contributed by atoms with Crippen LogP contribution in [0.5, 0.6) is 0 Å². The summed E-state index contributed by atoms with van der Waals surface area (Å²) in [5.41, 5.74) is 3.99. The topological polar surface area (TPSA) is 55.9 Å². The number of hydrogen-bond donors (Lipinski definition) is 1. The zero-order chi connectivity index (χ0) is 13.1. The molecule has 0 radical (unpaired) electrons. The lowest BCUT2D eigenvalue weighted by Gasteiger charge is -2.17. The highest BCUT2D eigenvalue weighted by Gasteiger charge is 2.17. The molecule has 2 heterocycles. The molecule has 0 spiro atoms. The van der Waals surface area contributed by atoms with Gasteiger partial charge in [-0.05, 0) is 29.8 Å². The van der Waals surface area contributed by atoms with Crippen molar-refractivity contribution in [3.8, 4) is 0 Å². The average Bonchev–Trinajstić information content (AvgIpc) is 3.11. The van der Waals surface area contributed by atoms with E-state index in [2.05, 4.69) is 15.5 Å². The maximum absolute atomic E-state index is 13.0. The maximum Gasteiger partial charge on any atom is 0.139 e. The predicted molar refractivity (Wildman–Crippen MR) is 66.3 cm³/mol. The Bertz CT molecular complexity index is 619. The first-order valence-electron chi connectivity index (χ1n) is 5.73. The Labute approximate surface area is 108 Å². The molecule has 1 atom stereocenters. The van der Waals surface area contributed by atoms with E-state index in [4.69, 9.17) is 4.42 Å². The van der Waals surface area contributed by atoms with E-state index in [1.807, 2.05) is 6.07 Å². The van der Waals surface area contributed by atoms with Crippen LogP contribution in [-0.4, -0.2) is 14.9 Å². The van der Waals surface area contributed by atoms with Crippen LogP contribution in [0.2, 0.25) is 0 Å². The van der Waals surface area contributed by atoms with Crippen molar-refractivity contribution in [1.82, 2.24) is 14.9 Å². The number of hydrogen-bond acceptors (Lipinski definition) is 4. The van der Waals surface area contributed by atoms with Gasteiger partial charge in [0.05, 0.1) is 6.26 Å². The Morgan fingerprint density at radius 2 is 2.05 bits per heavy atom. The maximum atomic E-state index is 13.0. The zero-order valence-electron chi connectivity index (χ0n) is 9.90. The third-order valence-corrected chi connectivity index (χ3v) is 2.71. The summed E-state index contributed by atoms with van der Waals surface area (Å²) in [5, 5.41) is 3.99. The summed E-state index contributed by atoms with van der Waals surface area (Å²) in [5.74, 6) is 0.435. The Morgan fingerprint density at radius 3 is 2.68 bits per heavy atom. The van der Waals surface area contributed by atoms with Crippen LogP contribution in [-0.2, 0) is 0 Å². The summed E-state index contributed by atoms with van der Waals surface area (Å²) in [6.07, 6.45) is 4.56. The van der Waals surface area contributed by atoms with E-state index in [0.29, 0.717) is 5.76 Å². The average molecular weight is 258 g/mol. The third kappa shape index (κ3) is 2.47. The third-order valence-electron chi connectivity index (χ3n) is 2.71. The molecule has 0 aliphatic heterocycles. The van der Waals surface area contributed by atoms with Crippen molar-refractivity contribution in [2.45, 2.75) is 6.04 Å². The van der Waals surface area contributed by atoms with Crippen molar-refractivity contribution in [2.75, 3.05) is 5.43 Å². The van der Waals surface area contributed by atoms with Gasteiger partial charge in [0.2, 0.25) is 0 Å². The van der Waals surface area contributed by atoms with Gasteiger partial charge >= 0.3 is 0 Å².